The average Bonchev–Trinajstić information content (AvgIpc) is 3.39. The van der Waals surface area contributed by atoms with Gasteiger partial charge in [0.2, 0.25) is 5.91 Å². The van der Waals surface area contributed by atoms with Crippen molar-refractivity contribution in [2.24, 2.45) is 0 Å². The maximum Gasteiger partial charge on any atom is 0.230 e. The Morgan fingerprint density at radius 1 is 1.20 bits per heavy atom. The third-order valence-electron chi connectivity index (χ3n) is 5.12. The molecule has 0 bridgehead atoms. The molecule has 2 heterocycles. The topological polar surface area (TPSA) is 58.4 Å². The highest BCUT2D eigenvalue weighted by atomic mass is 32.1. The molecule has 0 aliphatic heterocycles. The van der Waals surface area contributed by atoms with Crippen molar-refractivity contribution in [3.8, 4) is 0 Å². The van der Waals surface area contributed by atoms with Crippen LogP contribution in [-0.2, 0) is 17.8 Å². The van der Waals surface area contributed by atoms with E-state index in [-0.39, 0.29) is 11.9 Å². The van der Waals surface area contributed by atoms with Gasteiger partial charge < -0.3 is 9.73 Å². The normalized spacial score (nSPS) is 12.2. The van der Waals surface area contributed by atoms with Gasteiger partial charge in [-0.25, -0.2) is 4.98 Å². The van der Waals surface area contributed by atoms with Gasteiger partial charge in [-0.15, -0.1) is 11.3 Å². The summed E-state index contributed by atoms with van der Waals surface area (Å²) in [6.07, 6.45) is 0.856. The molecule has 0 fully saturated rings. The van der Waals surface area contributed by atoms with E-state index in [1.54, 1.807) is 11.8 Å². The second-order valence-electron chi connectivity index (χ2n) is 7.25. The molecule has 6 heteroatoms. The second-order valence-corrected chi connectivity index (χ2v) is 8.08. The third-order valence-corrected chi connectivity index (χ3v) is 5.99. The number of furan rings is 1. The standard InChI is InChI=1S/C24H25N3O2S/c1-4-18-9-5-7-11-21(18)27(17(3)28)24-26-20(15-30-24)14-25-16(2)23-13-19-10-6-8-12-22(19)29-23/h5-13,15-16,25H,4,14H2,1-3H3. The van der Waals surface area contributed by atoms with Gasteiger partial charge in [0.25, 0.3) is 0 Å². The summed E-state index contributed by atoms with van der Waals surface area (Å²) in [5, 5.41) is 7.26. The van der Waals surface area contributed by atoms with Gasteiger partial charge >= 0.3 is 0 Å². The Balaban J connectivity index is 1.49. The van der Waals surface area contributed by atoms with E-state index in [9.17, 15) is 4.79 Å². The van der Waals surface area contributed by atoms with Crippen LogP contribution in [0.5, 0.6) is 0 Å². The Morgan fingerprint density at radius 3 is 2.73 bits per heavy atom. The SMILES string of the molecule is CCc1ccccc1N(C(C)=O)c1nc(CNC(C)c2cc3ccccc3o2)cs1. The van der Waals surface area contributed by atoms with Crippen LogP contribution in [0.2, 0.25) is 0 Å². The molecular formula is C24H25N3O2S. The van der Waals surface area contributed by atoms with Crippen LogP contribution in [0.3, 0.4) is 0 Å². The number of aromatic nitrogens is 1. The van der Waals surface area contributed by atoms with Gasteiger partial charge in [0.15, 0.2) is 5.13 Å². The number of hydrogen-bond acceptors (Lipinski definition) is 5. The molecule has 5 nitrogen and oxygen atoms in total. The minimum Gasteiger partial charge on any atom is -0.459 e. The molecule has 30 heavy (non-hydrogen) atoms. The highest BCUT2D eigenvalue weighted by Gasteiger charge is 2.20. The molecule has 0 saturated heterocycles. The van der Waals surface area contributed by atoms with Crippen molar-refractivity contribution >= 4 is 39.0 Å². The van der Waals surface area contributed by atoms with Crippen molar-refractivity contribution in [2.75, 3.05) is 4.90 Å². The van der Waals surface area contributed by atoms with Crippen molar-refractivity contribution in [1.82, 2.24) is 10.3 Å². The summed E-state index contributed by atoms with van der Waals surface area (Å²) >= 11 is 1.48. The van der Waals surface area contributed by atoms with Crippen LogP contribution >= 0.6 is 11.3 Å². The number of hydrogen-bond donors (Lipinski definition) is 1. The third kappa shape index (κ3) is 4.15. The first-order valence-electron chi connectivity index (χ1n) is 10.1. The zero-order valence-corrected chi connectivity index (χ0v) is 18.2. The van der Waals surface area contributed by atoms with Gasteiger partial charge in [-0.1, -0.05) is 43.3 Å². The van der Waals surface area contributed by atoms with Crippen LogP contribution in [0, 0.1) is 0 Å². The molecule has 4 aromatic rings. The van der Waals surface area contributed by atoms with Crippen LogP contribution in [0.15, 0.2) is 64.4 Å². The van der Waals surface area contributed by atoms with Crippen LogP contribution in [0.25, 0.3) is 11.0 Å². The lowest BCUT2D eigenvalue weighted by atomic mass is 10.1. The number of anilines is 2. The quantitative estimate of drug-likeness (QED) is 0.400. The van der Waals surface area contributed by atoms with Crippen molar-refractivity contribution in [1.29, 1.82) is 0 Å². The Bertz CT molecular complexity index is 1130. The minimum absolute atomic E-state index is 0.0413. The summed E-state index contributed by atoms with van der Waals surface area (Å²) < 4.78 is 5.94. The molecular weight excluding hydrogens is 394 g/mol. The highest BCUT2D eigenvalue weighted by Crippen LogP contribution is 2.32. The summed E-state index contributed by atoms with van der Waals surface area (Å²) in [5.41, 5.74) is 3.82. The van der Waals surface area contributed by atoms with E-state index in [4.69, 9.17) is 9.40 Å². The molecule has 2 aromatic carbocycles. The molecule has 2 aromatic heterocycles. The van der Waals surface area contributed by atoms with E-state index in [2.05, 4.69) is 31.3 Å². The predicted molar refractivity (Wildman–Crippen MR) is 122 cm³/mol. The number of thiazole rings is 1. The first-order chi connectivity index (χ1) is 14.6. The van der Waals surface area contributed by atoms with Crippen LogP contribution < -0.4 is 10.2 Å². The molecule has 1 amide bonds. The molecule has 1 unspecified atom stereocenters. The summed E-state index contributed by atoms with van der Waals surface area (Å²) in [5.74, 6) is 0.856. The smallest absolute Gasteiger partial charge is 0.230 e. The number of nitrogens with zero attached hydrogens (tertiary/aromatic N) is 2. The summed E-state index contributed by atoms with van der Waals surface area (Å²) in [7, 11) is 0. The maximum atomic E-state index is 12.4. The first kappa shape index (κ1) is 20.3. The molecule has 154 valence electrons. The van der Waals surface area contributed by atoms with Crippen molar-refractivity contribution in [3.05, 3.63) is 77.0 Å². The molecule has 4 rings (SSSR count). The lowest BCUT2D eigenvalue weighted by Crippen LogP contribution is -2.24. The van der Waals surface area contributed by atoms with E-state index < -0.39 is 0 Å². The van der Waals surface area contributed by atoms with Gasteiger partial charge in [-0.2, -0.15) is 0 Å². The van der Waals surface area contributed by atoms with Gasteiger partial charge in [0.05, 0.1) is 17.4 Å². The maximum absolute atomic E-state index is 12.4. The number of aryl methyl sites for hydroxylation is 1. The monoisotopic (exact) mass is 419 g/mol. The zero-order valence-electron chi connectivity index (χ0n) is 17.4. The average molecular weight is 420 g/mol. The van der Waals surface area contributed by atoms with E-state index in [0.29, 0.717) is 11.7 Å². The summed E-state index contributed by atoms with van der Waals surface area (Å²) in [6.45, 7) is 6.34. The van der Waals surface area contributed by atoms with Gasteiger partial charge in [-0.3, -0.25) is 9.69 Å². The molecule has 0 radical (unpaired) electrons. The lowest BCUT2D eigenvalue weighted by Gasteiger charge is -2.21. The van der Waals surface area contributed by atoms with E-state index in [0.717, 1.165) is 40.1 Å². The number of carbonyl (C=O) groups is 1. The summed E-state index contributed by atoms with van der Waals surface area (Å²) in [4.78, 5) is 18.8. The number of fused-ring (bicyclic) bond motifs is 1. The predicted octanol–water partition coefficient (Wildman–Crippen LogP) is 5.99. The Labute approximate surface area is 180 Å². The van der Waals surface area contributed by atoms with Crippen LogP contribution in [0.1, 0.15) is 43.8 Å². The van der Waals surface area contributed by atoms with E-state index in [1.807, 2.05) is 47.8 Å². The Morgan fingerprint density at radius 2 is 1.97 bits per heavy atom. The van der Waals surface area contributed by atoms with Crippen molar-refractivity contribution in [3.63, 3.8) is 0 Å². The first-order valence-corrected chi connectivity index (χ1v) is 11.0. The fourth-order valence-corrected chi connectivity index (χ4v) is 4.37. The number of carbonyl (C=O) groups excluding carboxylic acids is 1. The number of benzene rings is 2. The highest BCUT2D eigenvalue weighted by molar-refractivity contribution is 7.14. The van der Waals surface area contributed by atoms with Gasteiger partial charge in [0.1, 0.15) is 11.3 Å². The molecule has 0 saturated carbocycles. The van der Waals surface area contributed by atoms with Gasteiger partial charge in [-0.05, 0) is 37.1 Å². The number of rotatable bonds is 7. The fraction of sp³-hybridized carbons (Fsp3) is 0.250. The minimum atomic E-state index is -0.0413. The Kier molecular flexibility index (Phi) is 5.97. The van der Waals surface area contributed by atoms with Crippen LogP contribution in [0.4, 0.5) is 10.8 Å². The lowest BCUT2D eigenvalue weighted by molar-refractivity contribution is -0.115. The largest absolute Gasteiger partial charge is 0.459 e. The Hall–Kier alpha value is -2.96. The van der Waals surface area contributed by atoms with Crippen molar-refractivity contribution < 1.29 is 9.21 Å². The van der Waals surface area contributed by atoms with E-state index in [1.165, 1.54) is 11.3 Å². The number of para-hydroxylation sites is 2. The second kappa shape index (κ2) is 8.81. The van der Waals surface area contributed by atoms with Gasteiger partial charge in [0, 0.05) is 24.2 Å². The number of nitrogens with one attached hydrogen (secondary N) is 1. The van der Waals surface area contributed by atoms with Crippen LogP contribution in [-0.4, -0.2) is 10.9 Å². The molecule has 1 N–H and O–H groups in total. The number of amides is 1. The van der Waals surface area contributed by atoms with E-state index >= 15 is 0 Å². The molecule has 0 aliphatic rings. The molecule has 0 aliphatic carbocycles. The molecule has 1 atom stereocenters. The fourth-order valence-electron chi connectivity index (χ4n) is 3.49. The van der Waals surface area contributed by atoms with Crippen molar-refractivity contribution in [2.45, 2.75) is 39.8 Å². The zero-order chi connectivity index (χ0) is 21.1. The summed E-state index contributed by atoms with van der Waals surface area (Å²) in [6, 6.07) is 18.1. The molecule has 0 spiro atoms.